The van der Waals surface area contributed by atoms with E-state index < -0.39 is 17.3 Å². The highest BCUT2D eigenvalue weighted by Crippen LogP contribution is 2.19. The number of nitrogens with zero attached hydrogens (tertiary/aromatic N) is 2. The van der Waals surface area contributed by atoms with Crippen LogP contribution < -0.4 is 14.8 Å². The molecular weight excluding hydrogens is 443 g/mol. The van der Waals surface area contributed by atoms with Crippen LogP contribution in [0.5, 0.6) is 0 Å². The van der Waals surface area contributed by atoms with Gasteiger partial charge in [-0.05, 0) is 43.9 Å². The minimum atomic E-state index is -0.619. The van der Waals surface area contributed by atoms with Crippen molar-refractivity contribution in [3.8, 4) is 0 Å². The number of carbonyl (C=O) groups is 2. The number of benzene rings is 1. The number of rotatable bonds is 5. The molecule has 0 aliphatic carbocycles. The van der Waals surface area contributed by atoms with Crippen molar-refractivity contribution in [2.24, 2.45) is 5.92 Å². The standard InChI is InChI=1S/C22H24ClFN2O4S/c1-3-30-21(28)11-20-26(13-19(27)25-9-5-6-14(2)12-25)22(29)18(31-20)10-15-16(23)7-4-8-17(15)24/h4,7-8,10-11,14H,3,5-6,9,12-13H2,1-2H3/b18-10-,20-11-/t14-/m0/s1. The molecule has 1 fully saturated rings. The summed E-state index contributed by atoms with van der Waals surface area (Å²) in [5.74, 6) is -0.983. The molecule has 6 nitrogen and oxygen atoms in total. The first-order valence-corrected chi connectivity index (χ1v) is 11.3. The van der Waals surface area contributed by atoms with Crippen molar-refractivity contribution < 1.29 is 18.7 Å². The molecule has 166 valence electrons. The summed E-state index contributed by atoms with van der Waals surface area (Å²) in [5, 5.41) is 0.161. The topological polar surface area (TPSA) is 68.6 Å². The number of halogens is 2. The molecule has 1 amide bonds. The number of piperidine rings is 1. The Hall–Kier alpha value is -2.45. The van der Waals surface area contributed by atoms with E-state index in [2.05, 4.69) is 6.92 Å². The van der Waals surface area contributed by atoms with E-state index >= 15 is 0 Å². The van der Waals surface area contributed by atoms with Gasteiger partial charge in [-0.1, -0.05) is 24.6 Å². The molecule has 31 heavy (non-hydrogen) atoms. The Balaban J connectivity index is 2.06. The fraction of sp³-hybridized carbons (Fsp3) is 0.409. The Morgan fingerprint density at radius 3 is 2.84 bits per heavy atom. The minimum Gasteiger partial charge on any atom is -0.463 e. The van der Waals surface area contributed by atoms with Gasteiger partial charge in [0.15, 0.2) is 0 Å². The van der Waals surface area contributed by atoms with Gasteiger partial charge < -0.3 is 9.64 Å². The molecule has 1 saturated heterocycles. The molecule has 1 aliphatic heterocycles. The second kappa shape index (κ2) is 10.2. The van der Waals surface area contributed by atoms with E-state index in [9.17, 15) is 18.8 Å². The van der Waals surface area contributed by atoms with E-state index in [0.29, 0.717) is 19.0 Å². The largest absolute Gasteiger partial charge is 0.463 e. The predicted molar refractivity (Wildman–Crippen MR) is 119 cm³/mol. The van der Waals surface area contributed by atoms with Crippen LogP contribution in [-0.4, -0.2) is 41.0 Å². The van der Waals surface area contributed by atoms with Gasteiger partial charge in [-0.3, -0.25) is 14.2 Å². The summed E-state index contributed by atoms with van der Waals surface area (Å²) in [6.45, 7) is 5.02. The Morgan fingerprint density at radius 1 is 1.39 bits per heavy atom. The van der Waals surface area contributed by atoms with E-state index in [-0.39, 0.29) is 38.8 Å². The van der Waals surface area contributed by atoms with Crippen LogP contribution >= 0.6 is 22.9 Å². The molecule has 1 atom stereocenters. The molecule has 0 spiro atoms. The van der Waals surface area contributed by atoms with Crippen LogP contribution in [0.2, 0.25) is 5.02 Å². The highest BCUT2D eigenvalue weighted by Gasteiger charge is 2.22. The van der Waals surface area contributed by atoms with Gasteiger partial charge in [0.25, 0.3) is 5.56 Å². The first-order chi connectivity index (χ1) is 14.8. The summed E-state index contributed by atoms with van der Waals surface area (Å²) in [5.41, 5.74) is -0.410. The summed E-state index contributed by atoms with van der Waals surface area (Å²) in [4.78, 5) is 39.7. The van der Waals surface area contributed by atoms with Crippen molar-refractivity contribution in [1.29, 1.82) is 0 Å². The van der Waals surface area contributed by atoms with E-state index in [0.717, 1.165) is 24.2 Å². The van der Waals surface area contributed by atoms with E-state index in [1.54, 1.807) is 11.8 Å². The molecule has 0 saturated carbocycles. The zero-order valence-corrected chi connectivity index (χ0v) is 19.0. The fourth-order valence-electron chi connectivity index (χ4n) is 3.51. The third-order valence-corrected chi connectivity index (χ3v) is 6.43. The number of hydrogen-bond acceptors (Lipinski definition) is 5. The average molecular weight is 467 g/mol. The van der Waals surface area contributed by atoms with Gasteiger partial charge in [0, 0.05) is 18.7 Å². The molecule has 0 unspecified atom stereocenters. The zero-order valence-electron chi connectivity index (χ0n) is 17.4. The average Bonchev–Trinajstić information content (AvgIpc) is 2.99. The lowest BCUT2D eigenvalue weighted by Gasteiger charge is -2.31. The van der Waals surface area contributed by atoms with Gasteiger partial charge in [-0.25, -0.2) is 9.18 Å². The third kappa shape index (κ3) is 5.62. The molecule has 0 bridgehead atoms. The first kappa shape index (κ1) is 23.2. The molecule has 3 rings (SSSR count). The number of likely N-dealkylation sites (tertiary alicyclic amines) is 1. The summed E-state index contributed by atoms with van der Waals surface area (Å²) in [6.07, 6.45) is 4.50. The molecule has 0 N–H and O–H groups in total. The molecule has 2 aromatic rings. The Labute approximate surface area is 188 Å². The second-order valence-corrected chi connectivity index (χ2v) is 8.93. The maximum Gasteiger partial charge on any atom is 0.333 e. The van der Waals surface area contributed by atoms with Crippen molar-refractivity contribution in [1.82, 2.24) is 9.47 Å². The minimum absolute atomic E-state index is 0.0773. The SMILES string of the molecule is CCOC(=O)/C=c1\s/c(=C\c2c(F)cccc2Cl)c(=O)n1CC(=O)N1CCC[C@H](C)C1. The van der Waals surface area contributed by atoms with E-state index in [1.807, 2.05) is 0 Å². The summed E-state index contributed by atoms with van der Waals surface area (Å²) in [7, 11) is 0. The Kier molecular flexibility index (Phi) is 7.67. The van der Waals surface area contributed by atoms with Crippen LogP contribution in [0.1, 0.15) is 32.3 Å². The number of esters is 1. The van der Waals surface area contributed by atoms with Gasteiger partial charge in [0.1, 0.15) is 17.0 Å². The summed E-state index contributed by atoms with van der Waals surface area (Å²) >= 11 is 7.07. The quantitative estimate of drug-likeness (QED) is 0.633. The monoisotopic (exact) mass is 466 g/mol. The highest BCUT2D eigenvalue weighted by atomic mass is 35.5. The van der Waals surface area contributed by atoms with Crippen molar-refractivity contribution in [2.75, 3.05) is 19.7 Å². The lowest BCUT2D eigenvalue weighted by molar-refractivity contribution is -0.136. The summed E-state index contributed by atoms with van der Waals surface area (Å²) < 4.78 is 20.8. The van der Waals surface area contributed by atoms with Crippen molar-refractivity contribution >= 4 is 47.0 Å². The molecular formula is C22H24ClFN2O4S. The molecule has 2 heterocycles. The van der Waals surface area contributed by atoms with Gasteiger partial charge in [0.2, 0.25) is 5.91 Å². The number of carbonyl (C=O) groups excluding carboxylic acids is 2. The third-order valence-electron chi connectivity index (χ3n) is 5.04. The van der Waals surface area contributed by atoms with E-state index in [1.165, 1.54) is 34.9 Å². The zero-order chi connectivity index (χ0) is 22.5. The number of aromatic nitrogens is 1. The van der Waals surface area contributed by atoms with Crippen LogP contribution in [0.25, 0.3) is 12.2 Å². The van der Waals surface area contributed by atoms with Gasteiger partial charge in [-0.2, -0.15) is 0 Å². The summed E-state index contributed by atoms with van der Waals surface area (Å²) in [6, 6.07) is 4.24. The maximum absolute atomic E-state index is 14.2. The fourth-order valence-corrected chi connectivity index (χ4v) is 4.74. The lowest BCUT2D eigenvalue weighted by atomic mass is 10.0. The smallest absolute Gasteiger partial charge is 0.333 e. The predicted octanol–water partition coefficient (Wildman–Crippen LogP) is 2.13. The number of amides is 1. The highest BCUT2D eigenvalue weighted by molar-refractivity contribution is 7.07. The van der Waals surface area contributed by atoms with Gasteiger partial charge in [0.05, 0.1) is 22.2 Å². The van der Waals surface area contributed by atoms with Gasteiger partial charge >= 0.3 is 5.97 Å². The van der Waals surface area contributed by atoms with Crippen LogP contribution in [-0.2, 0) is 20.9 Å². The van der Waals surface area contributed by atoms with E-state index in [4.69, 9.17) is 16.3 Å². The second-order valence-electron chi connectivity index (χ2n) is 7.46. The maximum atomic E-state index is 14.2. The number of ether oxygens (including phenoxy) is 1. The van der Waals surface area contributed by atoms with Crippen LogP contribution in [0.3, 0.4) is 0 Å². The van der Waals surface area contributed by atoms with Crippen molar-refractivity contribution in [3.63, 3.8) is 0 Å². The molecule has 1 aromatic carbocycles. The molecule has 1 aromatic heterocycles. The molecule has 9 heteroatoms. The Morgan fingerprint density at radius 2 is 2.16 bits per heavy atom. The van der Waals surface area contributed by atoms with Crippen molar-refractivity contribution in [2.45, 2.75) is 33.2 Å². The van der Waals surface area contributed by atoms with Crippen LogP contribution in [0.15, 0.2) is 23.0 Å². The lowest BCUT2D eigenvalue weighted by Crippen LogP contribution is -2.44. The number of thiazole rings is 1. The normalized spacial score (nSPS) is 17.8. The van der Waals surface area contributed by atoms with Crippen LogP contribution in [0, 0.1) is 11.7 Å². The molecule has 1 aliphatic rings. The number of hydrogen-bond donors (Lipinski definition) is 0. The van der Waals surface area contributed by atoms with Crippen LogP contribution in [0.4, 0.5) is 4.39 Å². The Bertz CT molecular complexity index is 1140. The van der Waals surface area contributed by atoms with Crippen molar-refractivity contribution in [3.05, 3.63) is 54.2 Å². The molecule has 0 radical (unpaired) electrons. The van der Waals surface area contributed by atoms with Gasteiger partial charge in [-0.15, -0.1) is 11.3 Å². The first-order valence-electron chi connectivity index (χ1n) is 10.1.